The molecule has 20 heavy (non-hydrogen) atoms. The predicted octanol–water partition coefficient (Wildman–Crippen LogP) is 3.55. The second-order valence-corrected chi connectivity index (χ2v) is 4.97. The summed E-state index contributed by atoms with van der Waals surface area (Å²) in [6.45, 7) is 2.03. The van der Waals surface area contributed by atoms with Crippen molar-refractivity contribution >= 4 is 5.91 Å². The SMILES string of the molecule is COC1c2ccccc2C(=O)N1[C@H](C)c1ccccc1. The smallest absolute Gasteiger partial charge is 0.257 e. The molecule has 0 aliphatic carbocycles. The highest BCUT2D eigenvalue weighted by atomic mass is 16.5. The maximum absolute atomic E-state index is 12.6. The number of rotatable bonds is 3. The van der Waals surface area contributed by atoms with E-state index in [9.17, 15) is 4.79 Å². The van der Waals surface area contributed by atoms with Crippen LogP contribution in [0.15, 0.2) is 54.6 Å². The second-order valence-electron chi connectivity index (χ2n) is 4.97. The first kappa shape index (κ1) is 12.9. The molecular formula is C17H17NO2. The molecule has 102 valence electrons. The van der Waals surface area contributed by atoms with Gasteiger partial charge in [-0.05, 0) is 18.6 Å². The van der Waals surface area contributed by atoms with Crippen molar-refractivity contribution in [3.63, 3.8) is 0 Å². The molecule has 1 aliphatic heterocycles. The van der Waals surface area contributed by atoms with Crippen LogP contribution in [-0.2, 0) is 4.74 Å². The van der Waals surface area contributed by atoms with E-state index >= 15 is 0 Å². The Morgan fingerprint density at radius 1 is 1.05 bits per heavy atom. The molecule has 0 bridgehead atoms. The van der Waals surface area contributed by atoms with Crippen LogP contribution in [0, 0.1) is 0 Å². The fraction of sp³-hybridized carbons (Fsp3) is 0.235. The van der Waals surface area contributed by atoms with Crippen molar-refractivity contribution in [1.82, 2.24) is 4.90 Å². The highest BCUT2D eigenvalue weighted by Crippen LogP contribution is 2.39. The van der Waals surface area contributed by atoms with E-state index in [1.807, 2.05) is 61.5 Å². The maximum Gasteiger partial charge on any atom is 0.257 e. The Morgan fingerprint density at radius 3 is 2.40 bits per heavy atom. The number of hydrogen-bond acceptors (Lipinski definition) is 2. The quantitative estimate of drug-likeness (QED) is 0.851. The number of ether oxygens (including phenoxy) is 1. The van der Waals surface area contributed by atoms with Crippen LogP contribution >= 0.6 is 0 Å². The topological polar surface area (TPSA) is 29.5 Å². The van der Waals surface area contributed by atoms with Crippen LogP contribution in [0.1, 0.15) is 40.7 Å². The van der Waals surface area contributed by atoms with Gasteiger partial charge in [0.15, 0.2) is 6.23 Å². The summed E-state index contributed by atoms with van der Waals surface area (Å²) in [4.78, 5) is 14.4. The summed E-state index contributed by atoms with van der Waals surface area (Å²) in [6.07, 6.45) is -0.311. The molecule has 0 N–H and O–H groups in total. The van der Waals surface area contributed by atoms with Crippen molar-refractivity contribution in [3.8, 4) is 0 Å². The lowest BCUT2D eigenvalue weighted by atomic mass is 10.1. The van der Waals surface area contributed by atoms with Gasteiger partial charge in [0.05, 0.1) is 6.04 Å². The molecule has 3 heteroatoms. The molecule has 3 rings (SSSR count). The average molecular weight is 267 g/mol. The number of carbonyl (C=O) groups excluding carboxylic acids is 1. The zero-order valence-corrected chi connectivity index (χ0v) is 11.6. The normalized spacial score (nSPS) is 19.0. The van der Waals surface area contributed by atoms with Crippen molar-refractivity contribution in [3.05, 3.63) is 71.3 Å². The van der Waals surface area contributed by atoms with E-state index in [1.165, 1.54) is 0 Å². The van der Waals surface area contributed by atoms with E-state index in [0.717, 1.165) is 16.7 Å². The molecule has 0 saturated heterocycles. The molecule has 0 aromatic heterocycles. The minimum Gasteiger partial charge on any atom is -0.357 e. The molecule has 1 unspecified atom stereocenters. The van der Waals surface area contributed by atoms with E-state index in [2.05, 4.69) is 0 Å². The Bertz CT molecular complexity index is 624. The molecule has 1 heterocycles. The van der Waals surface area contributed by atoms with E-state index < -0.39 is 0 Å². The van der Waals surface area contributed by atoms with Crippen molar-refractivity contribution in [2.75, 3.05) is 7.11 Å². The average Bonchev–Trinajstić information content (AvgIpc) is 2.80. The van der Waals surface area contributed by atoms with Crippen LogP contribution in [0.3, 0.4) is 0 Å². The predicted molar refractivity (Wildman–Crippen MR) is 77.2 cm³/mol. The number of amides is 1. The van der Waals surface area contributed by atoms with Crippen molar-refractivity contribution in [2.24, 2.45) is 0 Å². The zero-order valence-electron chi connectivity index (χ0n) is 11.6. The molecule has 0 spiro atoms. The molecule has 0 radical (unpaired) electrons. The van der Waals surface area contributed by atoms with E-state index in [-0.39, 0.29) is 18.2 Å². The molecule has 0 fully saturated rings. The highest BCUT2D eigenvalue weighted by Gasteiger charge is 2.39. The van der Waals surface area contributed by atoms with Crippen LogP contribution in [0.4, 0.5) is 0 Å². The first-order chi connectivity index (χ1) is 9.74. The van der Waals surface area contributed by atoms with Crippen molar-refractivity contribution in [1.29, 1.82) is 0 Å². The van der Waals surface area contributed by atoms with E-state index in [1.54, 1.807) is 12.0 Å². The lowest BCUT2D eigenvalue weighted by Gasteiger charge is -2.30. The summed E-state index contributed by atoms with van der Waals surface area (Å²) in [5, 5.41) is 0. The summed E-state index contributed by atoms with van der Waals surface area (Å²) in [6, 6.07) is 17.6. The molecular weight excluding hydrogens is 250 g/mol. The monoisotopic (exact) mass is 267 g/mol. The summed E-state index contributed by atoms with van der Waals surface area (Å²) in [5.74, 6) is 0.0313. The Labute approximate surface area is 118 Å². The van der Waals surface area contributed by atoms with E-state index in [0.29, 0.717) is 0 Å². The summed E-state index contributed by atoms with van der Waals surface area (Å²) in [5.41, 5.74) is 2.79. The number of fused-ring (bicyclic) bond motifs is 1. The Morgan fingerprint density at radius 2 is 1.70 bits per heavy atom. The van der Waals surface area contributed by atoms with Gasteiger partial charge in [-0.15, -0.1) is 0 Å². The van der Waals surface area contributed by atoms with Crippen LogP contribution in [0.2, 0.25) is 0 Å². The van der Waals surface area contributed by atoms with Gasteiger partial charge in [-0.25, -0.2) is 0 Å². The van der Waals surface area contributed by atoms with Gasteiger partial charge in [-0.3, -0.25) is 4.79 Å². The summed E-state index contributed by atoms with van der Waals surface area (Å²) >= 11 is 0. The number of carbonyl (C=O) groups is 1. The molecule has 0 saturated carbocycles. The Kier molecular flexibility index (Phi) is 3.28. The van der Waals surface area contributed by atoms with Crippen LogP contribution < -0.4 is 0 Å². The standard InChI is InChI=1S/C17H17NO2/c1-12(13-8-4-3-5-9-13)18-16(19)14-10-6-7-11-15(14)17(18)20-2/h3-12,17H,1-2H3/t12-,17?/m1/s1. The van der Waals surface area contributed by atoms with Gasteiger partial charge < -0.3 is 9.64 Å². The highest BCUT2D eigenvalue weighted by molar-refractivity contribution is 5.99. The van der Waals surface area contributed by atoms with Gasteiger partial charge >= 0.3 is 0 Å². The summed E-state index contributed by atoms with van der Waals surface area (Å²) in [7, 11) is 1.64. The molecule has 1 amide bonds. The minimum absolute atomic E-state index is 0.0268. The van der Waals surface area contributed by atoms with E-state index in [4.69, 9.17) is 4.74 Å². The molecule has 3 nitrogen and oxygen atoms in total. The first-order valence-corrected chi connectivity index (χ1v) is 6.73. The number of hydrogen-bond donors (Lipinski definition) is 0. The third kappa shape index (κ3) is 1.91. The van der Waals surface area contributed by atoms with Gasteiger partial charge in [-0.2, -0.15) is 0 Å². The summed E-state index contributed by atoms with van der Waals surface area (Å²) < 4.78 is 5.57. The molecule has 2 aromatic carbocycles. The third-order valence-corrected chi connectivity index (χ3v) is 3.87. The molecule has 2 atom stereocenters. The number of methoxy groups -OCH3 is 1. The Hall–Kier alpha value is -2.13. The molecule has 1 aliphatic rings. The Balaban J connectivity index is 2.01. The maximum atomic E-state index is 12.6. The third-order valence-electron chi connectivity index (χ3n) is 3.87. The van der Waals surface area contributed by atoms with Crippen molar-refractivity contribution < 1.29 is 9.53 Å². The lowest BCUT2D eigenvalue weighted by molar-refractivity contribution is -0.0290. The number of benzene rings is 2. The zero-order chi connectivity index (χ0) is 14.1. The van der Waals surface area contributed by atoms with Gasteiger partial charge in [0, 0.05) is 18.2 Å². The fourth-order valence-corrected chi connectivity index (χ4v) is 2.81. The second kappa shape index (κ2) is 5.10. The minimum atomic E-state index is -0.311. The fourth-order valence-electron chi connectivity index (χ4n) is 2.81. The van der Waals surface area contributed by atoms with Crippen LogP contribution in [0.5, 0.6) is 0 Å². The van der Waals surface area contributed by atoms with Gasteiger partial charge in [0.25, 0.3) is 5.91 Å². The van der Waals surface area contributed by atoms with Gasteiger partial charge in [0.1, 0.15) is 0 Å². The molecule has 2 aromatic rings. The van der Waals surface area contributed by atoms with Crippen LogP contribution in [0.25, 0.3) is 0 Å². The van der Waals surface area contributed by atoms with Gasteiger partial charge in [-0.1, -0.05) is 48.5 Å². The largest absolute Gasteiger partial charge is 0.357 e. The first-order valence-electron chi connectivity index (χ1n) is 6.73. The van der Waals surface area contributed by atoms with Crippen molar-refractivity contribution in [2.45, 2.75) is 19.2 Å². The lowest BCUT2D eigenvalue weighted by Crippen LogP contribution is -2.31. The number of nitrogens with zero attached hydrogens (tertiary/aromatic N) is 1. The van der Waals surface area contributed by atoms with Gasteiger partial charge in [0.2, 0.25) is 0 Å². The van der Waals surface area contributed by atoms with Crippen LogP contribution in [-0.4, -0.2) is 17.9 Å².